The van der Waals surface area contributed by atoms with Crippen LogP contribution in [0.3, 0.4) is 0 Å². The van der Waals surface area contributed by atoms with Crippen LogP contribution in [0.4, 0.5) is 11.4 Å². The standard InChI is InChI=1S/C33H33ClN4O6S/c1-2-21-35-33(40)31(22-25-9-5-3-6-10-25)36(23-26-13-15-27(34)16-14-26)32(39)24-37(28-17-19-29(20-18-28)38(41)42)45(43,44)30-11-7-4-8-12-30/h3-20,31H,2,21-24H2,1H3,(H,35,40)/t31-/m1/s1. The van der Waals surface area contributed by atoms with Gasteiger partial charge in [0, 0.05) is 36.7 Å². The van der Waals surface area contributed by atoms with Gasteiger partial charge in [-0.25, -0.2) is 8.42 Å². The molecular weight excluding hydrogens is 616 g/mol. The molecule has 0 fully saturated rings. The smallest absolute Gasteiger partial charge is 0.269 e. The molecule has 0 saturated heterocycles. The Hall–Kier alpha value is -4.74. The normalized spacial score (nSPS) is 11.8. The first-order valence-electron chi connectivity index (χ1n) is 14.3. The number of non-ortho nitro benzene ring substituents is 1. The molecule has 2 amide bonds. The van der Waals surface area contributed by atoms with Crippen molar-refractivity contribution >= 4 is 44.8 Å². The number of nitrogens with one attached hydrogen (secondary N) is 1. The second-order valence-corrected chi connectivity index (χ2v) is 12.5. The van der Waals surface area contributed by atoms with Crippen molar-refractivity contribution in [3.63, 3.8) is 0 Å². The number of hydrogen-bond acceptors (Lipinski definition) is 6. The Morgan fingerprint density at radius 3 is 2.04 bits per heavy atom. The van der Waals surface area contributed by atoms with Crippen LogP contribution in [0.5, 0.6) is 0 Å². The molecule has 0 saturated carbocycles. The molecule has 10 nitrogen and oxygen atoms in total. The molecule has 0 unspecified atom stereocenters. The highest BCUT2D eigenvalue weighted by molar-refractivity contribution is 7.92. The summed E-state index contributed by atoms with van der Waals surface area (Å²) in [5.41, 5.74) is 1.32. The second-order valence-electron chi connectivity index (χ2n) is 10.2. The molecule has 0 aliphatic rings. The summed E-state index contributed by atoms with van der Waals surface area (Å²) in [6.07, 6.45) is 0.858. The Balaban J connectivity index is 1.79. The molecule has 0 bridgehead atoms. The predicted molar refractivity (Wildman–Crippen MR) is 173 cm³/mol. The van der Waals surface area contributed by atoms with Gasteiger partial charge in [-0.3, -0.25) is 24.0 Å². The number of sulfonamides is 1. The van der Waals surface area contributed by atoms with Crippen LogP contribution in [0.15, 0.2) is 114 Å². The Morgan fingerprint density at radius 2 is 1.47 bits per heavy atom. The van der Waals surface area contributed by atoms with E-state index in [1.807, 2.05) is 37.3 Å². The molecule has 0 heterocycles. The van der Waals surface area contributed by atoms with Gasteiger partial charge in [0.15, 0.2) is 0 Å². The van der Waals surface area contributed by atoms with E-state index in [9.17, 15) is 28.1 Å². The summed E-state index contributed by atoms with van der Waals surface area (Å²) >= 11 is 6.10. The molecular formula is C33H33ClN4O6S. The van der Waals surface area contributed by atoms with Crippen molar-refractivity contribution in [2.75, 3.05) is 17.4 Å². The fraction of sp³-hybridized carbons (Fsp3) is 0.212. The van der Waals surface area contributed by atoms with Crippen molar-refractivity contribution < 1.29 is 22.9 Å². The number of hydrogen-bond donors (Lipinski definition) is 1. The van der Waals surface area contributed by atoms with Gasteiger partial charge in [-0.05, 0) is 53.9 Å². The Bertz CT molecular complexity index is 1700. The summed E-state index contributed by atoms with van der Waals surface area (Å²) in [6, 6.07) is 27.6. The minimum Gasteiger partial charge on any atom is -0.354 e. The number of benzene rings is 4. The average molecular weight is 649 g/mol. The highest BCUT2D eigenvalue weighted by atomic mass is 35.5. The van der Waals surface area contributed by atoms with Crippen LogP contribution in [0.2, 0.25) is 5.02 Å². The van der Waals surface area contributed by atoms with Gasteiger partial charge in [0.2, 0.25) is 11.8 Å². The lowest BCUT2D eigenvalue weighted by molar-refractivity contribution is -0.384. The molecule has 0 aliphatic heterocycles. The first kappa shape index (κ1) is 33.2. The van der Waals surface area contributed by atoms with Gasteiger partial charge >= 0.3 is 0 Å². The van der Waals surface area contributed by atoms with Gasteiger partial charge in [0.05, 0.1) is 15.5 Å². The lowest BCUT2D eigenvalue weighted by Crippen LogP contribution is -2.53. The number of carbonyl (C=O) groups excluding carboxylic acids is 2. The number of anilines is 1. The van der Waals surface area contributed by atoms with Gasteiger partial charge < -0.3 is 10.2 Å². The molecule has 45 heavy (non-hydrogen) atoms. The average Bonchev–Trinajstić information content (AvgIpc) is 3.05. The topological polar surface area (TPSA) is 130 Å². The molecule has 4 rings (SSSR count). The molecule has 0 aliphatic carbocycles. The summed E-state index contributed by atoms with van der Waals surface area (Å²) < 4.78 is 28.8. The first-order valence-corrected chi connectivity index (χ1v) is 16.1. The first-order chi connectivity index (χ1) is 21.6. The quantitative estimate of drug-likeness (QED) is 0.140. The Labute approximate surface area is 267 Å². The van der Waals surface area contributed by atoms with Crippen LogP contribution < -0.4 is 9.62 Å². The lowest BCUT2D eigenvalue weighted by Gasteiger charge is -2.34. The maximum Gasteiger partial charge on any atom is 0.269 e. The number of carbonyl (C=O) groups is 2. The number of nitro groups is 1. The van der Waals surface area contributed by atoms with Gasteiger partial charge in [-0.15, -0.1) is 0 Å². The second kappa shape index (κ2) is 15.3. The molecule has 1 N–H and O–H groups in total. The number of nitro benzene ring substituents is 1. The number of halogens is 1. The van der Waals surface area contributed by atoms with E-state index in [0.29, 0.717) is 23.6 Å². The minimum atomic E-state index is -4.32. The van der Waals surface area contributed by atoms with Crippen molar-refractivity contribution in [3.05, 3.63) is 135 Å². The van der Waals surface area contributed by atoms with Crippen LogP contribution in [0.25, 0.3) is 0 Å². The molecule has 1 atom stereocenters. The van der Waals surface area contributed by atoms with Crippen LogP contribution in [-0.2, 0) is 32.6 Å². The third kappa shape index (κ3) is 8.68. The van der Waals surface area contributed by atoms with E-state index in [1.54, 1.807) is 42.5 Å². The molecule has 4 aromatic rings. The fourth-order valence-corrected chi connectivity index (χ4v) is 6.26. The van der Waals surface area contributed by atoms with E-state index in [-0.39, 0.29) is 35.1 Å². The highest BCUT2D eigenvalue weighted by Crippen LogP contribution is 2.27. The summed E-state index contributed by atoms with van der Waals surface area (Å²) in [5.74, 6) is -1.02. The van der Waals surface area contributed by atoms with Gasteiger partial charge in [0.25, 0.3) is 15.7 Å². The van der Waals surface area contributed by atoms with Crippen LogP contribution in [-0.4, -0.2) is 49.2 Å². The van der Waals surface area contributed by atoms with E-state index in [2.05, 4.69) is 5.32 Å². The number of amides is 2. The summed E-state index contributed by atoms with van der Waals surface area (Å²) in [7, 11) is -4.32. The molecule has 234 valence electrons. The van der Waals surface area contributed by atoms with E-state index in [4.69, 9.17) is 11.6 Å². The molecule has 0 aromatic heterocycles. The van der Waals surface area contributed by atoms with Crippen molar-refractivity contribution in [3.8, 4) is 0 Å². The third-order valence-electron chi connectivity index (χ3n) is 7.05. The fourth-order valence-electron chi connectivity index (χ4n) is 4.70. The SMILES string of the molecule is CCCNC(=O)[C@@H](Cc1ccccc1)N(Cc1ccc(Cl)cc1)C(=O)CN(c1ccc([N+](=O)[O-])cc1)S(=O)(=O)c1ccccc1. The van der Waals surface area contributed by atoms with Crippen LogP contribution in [0, 0.1) is 10.1 Å². The van der Waals surface area contributed by atoms with Gasteiger partial charge in [-0.1, -0.05) is 79.2 Å². The largest absolute Gasteiger partial charge is 0.354 e. The van der Waals surface area contributed by atoms with Crippen molar-refractivity contribution in [1.29, 1.82) is 0 Å². The van der Waals surface area contributed by atoms with E-state index in [0.717, 1.165) is 9.87 Å². The van der Waals surface area contributed by atoms with E-state index >= 15 is 0 Å². The van der Waals surface area contributed by atoms with Crippen LogP contribution in [0.1, 0.15) is 24.5 Å². The zero-order valence-corrected chi connectivity index (χ0v) is 26.2. The maximum absolute atomic E-state index is 14.4. The summed E-state index contributed by atoms with van der Waals surface area (Å²) in [5, 5.41) is 14.7. The molecule has 4 aromatic carbocycles. The summed E-state index contributed by atoms with van der Waals surface area (Å²) in [6.45, 7) is 1.63. The van der Waals surface area contributed by atoms with Gasteiger partial charge in [-0.2, -0.15) is 0 Å². The Kier molecular flexibility index (Phi) is 11.3. The van der Waals surface area contributed by atoms with Crippen LogP contribution >= 0.6 is 11.6 Å². The summed E-state index contributed by atoms with van der Waals surface area (Å²) in [4.78, 5) is 40.0. The monoisotopic (exact) mass is 648 g/mol. The zero-order chi connectivity index (χ0) is 32.4. The lowest BCUT2D eigenvalue weighted by atomic mass is 10.0. The number of rotatable bonds is 14. The highest BCUT2D eigenvalue weighted by Gasteiger charge is 2.34. The molecule has 0 spiro atoms. The van der Waals surface area contributed by atoms with E-state index in [1.165, 1.54) is 41.3 Å². The minimum absolute atomic E-state index is 0.00741. The Morgan fingerprint density at radius 1 is 0.867 bits per heavy atom. The third-order valence-corrected chi connectivity index (χ3v) is 9.09. The zero-order valence-electron chi connectivity index (χ0n) is 24.6. The molecule has 12 heteroatoms. The maximum atomic E-state index is 14.4. The predicted octanol–water partition coefficient (Wildman–Crippen LogP) is 5.61. The molecule has 0 radical (unpaired) electrons. The number of nitrogens with zero attached hydrogens (tertiary/aromatic N) is 3. The van der Waals surface area contributed by atoms with Crippen molar-refractivity contribution in [2.45, 2.75) is 37.2 Å². The van der Waals surface area contributed by atoms with E-state index < -0.39 is 33.4 Å². The van der Waals surface area contributed by atoms with Crippen molar-refractivity contribution in [2.24, 2.45) is 0 Å². The van der Waals surface area contributed by atoms with Crippen molar-refractivity contribution in [1.82, 2.24) is 10.2 Å². The van der Waals surface area contributed by atoms with Gasteiger partial charge in [0.1, 0.15) is 12.6 Å².